The second-order valence-corrected chi connectivity index (χ2v) is 2.47. The largest absolute Gasteiger partial charge is 0.158 e. The molecule has 0 atom stereocenters. The summed E-state index contributed by atoms with van der Waals surface area (Å²) in [5.74, 6) is 0. The Hall–Kier alpha value is -1.44. The van der Waals surface area contributed by atoms with E-state index in [1.165, 1.54) is 0 Å². The van der Waals surface area contributed by atoms with Gasteiger partial charge in [0.15, 0.2) is 0 Å². The molecule has 0 amide bonds. The van der Waals surface area contributed by atoms with Crippen LogP contribution in [0.15, 0.2) is 24.4 Å². The highest BCUT2D eigenvalue weighted by Gasteiger charge is 1.94. The highest BCUT2D eigenvalue weighted by atomic mass is 15.1. The first-order chi connectivity index (χ1) is 5.38. The minimum absolute atomic E-state index is 0.934. The molecule has 2 nitrogen and oxygen atoms in total. The lowest BCUT2D eigenvalue weighted by Crippen LogP contribution is -1.85. The van der Waals surface area contributed by atoms with Gasteiger partial charge in [0.25, 0.3) is 0 Å². The predicted molar refractivity (Wildman–Crippen MR) is 43.1 cm³/mol. The van der Waals surface area contributed by atoms with Crippen molar-refractivity contribution in [3.05, 3.63) is 36.0 Å². The Labute approximate surface area is 64.9 Å². The Bertz CT molecular complexity index is 377. The van der Waals surface area contributed by atoms with Crippen LogP contribution in [0.3, 0.4) is 0 Å². The summed E-state index contributed by atoms with van der Waals surface area (Å²) in [6.45, 7) is 2.02. The fourth-order valence-electron chi connectivity index (χ4n) is 1.07. The molecule has 0 aliphatic carbocycles. The number of hydrogen-bond donors (Lipinski definition) is 0. The van der Waals surface area contributed by atoms with E-state index in [1.807, 2.05) is 25.1 Å². The van der Waals surface area contributed by atoms with Crippen molar-refractivity contribution in [2.45, 2.75) is 6.92 Å². The van der Waals surface area contributed by atoms with Gasteiger partial charge in [0.1, 0.15) is 0 Å². The summed E-state index contributed by atoms with van der Waals surface area (Å²) in [6.07, 6.45) is 1.76. The average Bonchev–Trinajstić information content (AvgIpc) is 2.06. The van der Waals surface area contributed by atoms with E-state index in [0.29, 0.717) is 0 Å². The van der Waals surface area contributed by atoms with Crippen LogP contribution in [-0.4, -0.2) is 10.2 Å². The fraction of sp³-hybridized carbons (Fsp3) is 0.111. The number of aryl methyl sites for hydroxylation is 1. The Balaban J connectivity index is 2.91. The van der Waals surface area contributed by atoms with Crippen molar-refractivity contribution < 1.29 is 0 Å². The Morgan fingerprint density at radius 1 is 1.45 bits per heavy atom. The van der Waals surface area contributed by atoms with Crippen LogP contribution < -0.4 is 0 Å². The van der Waals surface area contributed by atoms with Gasteiger partial charge in [0.05, 0.1) is 11.7 Å². The highest BCUT2D eigenvalue weighted by Crippen LogP contribution is 2.12. The molecule has 53 valence electrons. The molecular formula is C9H7N2. The lowest BCUT2D eigenvalue weighted by atomic mass is 10.1. The smallest absolute Gasteiger partial charge is 0.0932 e. The third kappa shape index (κ3) is 0.963. The van der Waals surface area contributed by atoms with Gasteiger partial charge in [-0.2, -0.15) is 10.2 Å². The first-order valence-corrected chi connectivity index (χ1v) is 3.46. The second-order valence-electron chi connectivity index (χ2n) is 2.47. The number of nitrogens with zero attached hydrogens (tertiary/aromatic N) is 2. The monoisotopic (exact) mass is 143 g/mol. The quantitative estimate of drug-likeness (QED) is 0.561. The molecule has 0 bridgehead atoms. The number of rotatable bonds is 0. The summed E-state index contributed by atoms with van der Waals surface area (Å²) in [5.41, 5.74) is 2.08. The SMILES string of the molecule is Cc1cnnc2cc[c]cc12. The van der Waals surface area contributed by atoms with Crippen LogP contribution in [0.25, 0.3) is 10.9 Å². The summed E-state index contributed by atoms with van der Waals surface area (Å²) in [7, 11) is 0. The molecule has 11 heavy (non-hydrogen) atoms. The van der Waals surface area contributed by atoms with Crippen LogP contribution in [0.1, 0.15) is 5.56 Å². The van der Waals surface area contributed by atoms with Crippen molar-refractivity contribution >= 4 is 10.9 Å². The predicted octanol–water partition coefficient (Wildman–Crippen LogP) is 1.74. The molecule has 2 aromatic rings. The zero-order chi connectivity index (χ0) is 7.68. The third-order valence-electron chi connectivity index (χ3n) is 1.68. The number of fused-ring (bicyclic) bond motifs is 1. The lowest BCUT2D eigenvalue weighted by molar-refractivity contribution is 1.06. The van der Waals surface area contributed by atoms with E-state index in [9.17, 15) is 0 Å². The Morgan fingerprint density at radius 3 is 3.18 bits per heavy atom. The van der Waals surface area contributed by atoms with Crippen molar-refractivity contribution in [1.29, 1.82) is 0 Å². The normalized spacial score (nSPS) is 10.3. The van der Waals surface area contributed by atoms with Gasteiger partial charge in [-0.15, -0.1) is 0 Å². The molecule has 0 aliphatic rings. The van der Waals surface area contributed by atoms with Crippen molar-refractivity contribution in [3.63, 3.8) is 0 Å². The topological polar surface area (TPSA) is 25.8 Å². The molecule has 1 aromatic carbocycles. The van der Waals surface area contributed by atoms with Gasteiger partial charge in [-0.25, -0.2) is 0 Å². The van der Waals surface area contributed by atoms with E-state index in [4.69, 9.17) is 0 Å². The van der Waals surface area contributed by atoms with Crippen molar-refractivity contribution in [1.82, 2.24) is 10.2 Å². The Morgan fingerprint density at radius 2 is 2.36 bits per heavy atom. The molecule has 0 N–H and O–H groups in total. The lowest BCUT2D eigenvalue weighted by Gasteiger charge is -1.96. The molecule has 0 spiro atoms. The molecule has 2 rings (SSSR count). The van der Waals surface area contributed by atoms with E-state index < -0.39 is 0 Å². The highest BCUT2D eigenvalue weighted by molar-refractivity contribution is 5.80. The molecule has 0 aliphatic heterocycles. The van der Waals surface area contributed by atoms with Crippen LogP contribution >= 0.6 is 0 Å². The molecule has 0 saturated carbocycles. The van der Waals surface area contributed by atoms with Gasteiger partial charge in [-0.3, -0.25) is 0 Å². The van der Waals surface area contributed by atoms with Crippen LogP contribution in [-0.2, 0) is 0 Å². The van der Waals surface area contributed by atoms with Gasteiger partial charge in [-0.1, -0.05) is 6.07 Å². The van der Waals surface area contributed by atoms with E-state index in [1.54, 1.807) is 6.20 Å². The molecule has 0 unspecified atom stereocenters. The van der Waals surface area contributed by atoms with Crippen LogP contribution in [0.5, 0.6) is 0 Å². The van der Waals surface area contributed by atoms with Crippen molar-refractivity contribution in [2.75, 3.05) is 0 Å². The first kappa shape index (κ1) is 6.28. The molecule has 2 heteroatoms. The van der Waals surface area contributed by atoms with Gasteiger partial charge < -0.3 is 0 Å². The van der Waals surface area contributed by atoms with Gasteiger partial charge in [0, 0.05) is 5.39 Å². The first-order valence-electron chi connectivity index (χ1n) is 3.46. The summed E-state index contributed by atoms with van der Waals surface area (Å²) >= 11 is 0. The maximum Gasteiger partial charge on any atom is 0.0932 e. The maximum absolute atomic E-state index is 3.97. The van der Waals surface area contributed by atoms with Crippen molar-refractivity contribution in [2.24, 2.45) is 0 Å². The summed E-state index contributed by atoms with van der Waals surface area (Å²) in [4.78, 5) is 0. The molecule has 1 heterocycles. The van der Waals surface area contributed by atoms with E-state index in [2.05, 4.69) is 16.3 Å². The standard InChI is InChI=1S/C9H7N2/c1-7-6-10-11-9-5-3-2-4-8(7)9/h3-6H,1H3. The molecular weight excluding hydrogens is 136 g/mol. The van der Waals surface area contributed by atoms with E-state index >= 15 is 0 Å². The fourth-order valence-corrected chi connectivity index (χ4v) is 1.07. The van der Waals surface area contributed by atoms with Crippen molar-refractivity contribution in [3.8, 4) is 0 Å². The van der Waals surface area contributed by atoms with Gasteiger partial charge in [0.2, 0.25) is 0 Å². The third-order valence-corrected chi connectivity index (χ3v) is 1.68. The van der Waals surface area contributed by atoms with Crippen LogP contribution in [0, 0.1) is 13.0 Å². The molecule has 0 saturated heterocycles. The van der Waals surface area contributed by atoms with Gasteiger partial charge in [-0.05, 0) is 30.7 Å². The number of benzene rings is 1. The zero-order valence-electron chi connectivity index (χ0n) is 6.20. The van der Waals surface area contributed by atoms with Crippen LogP contribution in [0.4, 0.5) is 0 Å². The second kappa shape index (κ2) is 2.31. The molecule has 1 radical (unpaired) electrons. The Kier molecular flexibility index (Phi) is 1.32. The zero-order valence-corrected chi connectivity index (χ0v) is 6.20. The molecule has 0 fully saturated rings. The maximum atomic E-state index is 3.97. The van der Waals surface area contributed by atoms with Crippen LogP contribution in [0.2, 0.25) is 0 Å². The number of aromatic nitrogens is 2. The van der Waals surface area contributed by atoms with E-state index in [0.717, 1.165) is 16.5 Å². The summed E-state index contributed by atoms with van der Waals surface area (Å²) < 4.78 is 0. The summed E-state index contributed by atoms with van der Waals surface area (Å²) in [6, 6.07) is 8.69. The van der Waals surface area contributed by atoms with E-state index in [-0.39, 0.29) is 0 Å². The summed E-state index contributed by atoms with van der Waals surface area (Å²) in [5, 5.41) is 8.95. The average molecular weight is 143 g/mol. The van der Waals surface area contributed by atoms with Gasteiger partial charge >= 0.3 is 0 Å². The molecule has 1 aromatic heterocycles. The minimum Gasteiger partial charge on any atom is -0.158 e. The number of hydrogen-bond acceptors (Lipinski definition) is 2. The minimum atomic E-state index is 0.934.